The molecular weight excluding hydrogens is 222 g/mol. The number of rotatable bonds is 0. The number of carboxylic acid groups (broad SMARTS) is 2. The zero-order valence-electron chi connectivity index (χ0n) is 5.37. The third-order valence-electron chi connectivity index (χ3n) is 0. The molecule has 50 valence electrons. The topological polar surface area (TPSA) is 130 Å². The summed E-state index contributed by atoms with van der Waals surface area (Å²) >= 11 is 0. The first kappa shape index (κ1) is 23.0. The largest absolute Gasteiger partial charge is 1.00 e. The maximum atomic E-state index is 8.52. The van der Waals surface area contributed by atoms with Crippen molar-refractivity contribution >= 4 is 6.16 Å². The van der Waals surface area contributed by atoms with Gasteiger partial charge in [0.1, 0.15) is 0 Å². The van der Waals surface area contributed by atoms with Gasteiger partial charge in [0.05, 0.1) is 0 Å². The van der Waals surface area contributed by atoms with Crippen LogP contribution >= 0.6 is 0 Å². The van der Waals surface area contributed by atoms with Gasteiger partial charge in [-0.2, -0.15) is 0 Å². The third-order valence-corrected chi connectivity index (χ3v) is 0. The van der Waals surface area contributed by atoms with Crippen LogP contribution in [0.2, 0.25) is 0 Å². The van der Waals surface area contributed by atoms with E-state index in [1.165, 1.54) is 0 Å². The van der Waals surface area contributed by atoms with Gasteiger partial charge in [-0.15, -0.1) is 0 Å². The maximum absolute atomic E-state index is 8.52. The molecule has 0 aromatic rings. The maximum Gasteiger partial charge on any atom is 1.00 e. The molecule has 0 rings (SSSR count). The Bertz CT molecular complexity index is 60.0. The zero-order chi connectivity index (χ0) is 7.15. The Hall–Kier alpha value is 2.71. The van der Waals surface area contributed by atoms with E-state index in [2.05, 4.69) is 0 Å². The molecule has 0 aromatic carbocycles. The van der Waals surface area contributed by atoms with Crippen LogP contribution in [-0.2, 0) is 0 Å². The molecule has 0 atom stereocenters. The van der Waals surface area contributed by atoms with Crippen molar-refractivity contribution in [1.82, 2.24) is 0 Å². The van der Waals surface area contributed by atoms with Crippen molar-refractivity contribution in [1.29, 1.82) is 0 Å². The summed E-state index contributed by atoms with van der Waals surface area (Å²) in [6, 6.07) is 0. The minimum absolute atomic E-state index is 0. The second-order valence-electron chi connectivity index (χ2n) is 0.451. The first-order valence-corrected chi connectivity index (χ1v) is 2.05. The predicted octanol–water partition coefficient (Wildman–Crippen LogP) is -11.4. The second-order valence-corrected chi connectivity index (χ2v) is 0.853. The van der Waals surface area contributed by atoms with Gasteiger partial charge in [0.15, 0.2) is 0 Å². The zero-order valence-corrected chi connectivity index (χ0v) is 12.4. The van der Waals surface area contributed by atoms with Crippen molar-refractivity contribution in [2.75, 3.05) is 0 Å². The predicted molar refractivity (Wildman–Crippen MR) is 7.61 cm³/mol. The summed E-state index contributed by atoms with van der Waals surface area (Å²) in [5, 5.41) is 16.7. The summed E-state index contributed by atoms with van der Waals surface area (Å²) in [5.74, 6) is 0. The molecule has 0 unspecified atom stereocenters. The van der Waals surface area contributed by atoms with Crippen molar-refractivity contribution in [3.63, 3.8) is 0 Å². The van der Waals surface area contributed by atoms with Crippen molar-refractivity contribution < 1.29 is 143 Å². The molecule has 0 aliphatic rings. The minimum Gasteiger partial charge on any atom is -0.652 e. The molecule has 0 radical (unpaired) electrons. The molecular formula is CHClK2O6. The average molecular weight is 223 g/mol. The first-order chi connectivity index (χ1) is 3.46. The van der Waals surface area contributed by atoms with Gasteiger partial charge in [-0.05, 0) is 6.16 Å². The Morgan fingerprint density at radius 1 is 1.20 bits per heavy atom. The molecule has 0 spiro atoms. The summed E-state index contributed by atoms with van der Waals surface area (Å²) in [7, 11) is -2.60. The van der Waals surface area contributed by atoms with Crippen LogP contribution in [0.1, 0.15) is 0 Å². The van der Waals surface area contributed by atoms with Crippen molar-refractivity contribution in [2.24, 2.45) is 0 Å². The number of carbonyl (C=O) groups is 1. The van der Waals surface area contributed by atoms with Gasteiger partial charge in [-0.1, -0.05) is 0 Å². The molecule has 10 heavy (non-hydrogen) atoms. The Labute approximate surface area is 145 Å². The smallest absolute Gasteiger partial charge is 0.652 e. The molecule has 6 nitrogen and oxygen atoms in total. The van der Waals surface area contributed by atoms with Crippen molar-refractivity contribution in [3.8, 4) is 0 Å². The van der Waals surface area contributed by atoms with Gasteiger partial charge in [-0.3, -0.25) is 0 Å². The summed E-state index contributed by atoms with van der Waals surface area (Å²) in [4.78, 5) is 8.33. The van der Waals surface area contributed by atoms with Crippen LogP contribution in [0.4, 0.5) is 4.79 Å². The molecule has 0 aliphatic carbocycles. The quantitative estimate of drug-likeness (QED) is 0.405. The van der Waals surface area contributed by atoms with E-state index in [-0.39, 0.29) is 103 Å². The molecule has 0 amide bonds. The third kappa shape index (κ3) is 137. The fraction of sp³-hybridized carbons (Fsp3) is 0. The number of hydrogen-bond acceptors (Lipinski definition) is 6. The van der Waals surface area contributed by atoms with Gasteiger partial charge >= 0.3 is 103 Å². The van der Waals surface area contributed by atoms with E-state index >= 15 is 0 Å². The van der Waals surface area contributed by atoms with Crippen LogP contribution in [-0.4, -0.2) is 10.8 Å². The average Bonchev–Trinajstić information content (AvgIpc) is 1.25. The van der Waals surface area contributed by atoms with E-state index in [4.69, 9.17) is 29.0 Å². The van der Waals surface area contributed by atoms with E-state index in [0.717, 1.165) is 0 Å². The second kappa shape index (κ2) is 17.7. The van der Waals surface area contributed by atoms with E-state index < -0.39 is 16.9 Å². The standard InChI is InChI=1S/CH2O3.ClHO3.2K/c2*2-1(3)4;;/h(H2,2,3,4);2H;;/q;;2*+1/p-2. The molecule has 0 saturated heterocycles. The van der Waals surface area contributed by atoms with Gasteiger partial charge in [0.25, 0.3) is 10.8 Å². The molecule has 0 bridgehead atoms. The van der Waals surface area contributed by atoms with E-state index in [9.17, 15) is 0 Å². The molecule has 1 N–H and O–H groups in total. The monoisotopic (exact) mass is 222 g/mol. The molecule has 9 heteroatoms. The van der Waals surface area contributed by atoms with Crippen LogP contribution in [0.25, 0.3) is 0 Å². The van der Waals surface area contributed by atoms with Crippen molar-refractivity contribution in [2.45, 2.75) is 0 Å². The molecule has 0 saturated carbocycles. The van der Waals surface area contributed by atoms with Crippen LogP contribution in [0.15, 0.2) is 0 Å². The Morgan fingerprint density at radius 3 is 1.20 bits per heavy atom. The van der Waals surface area contributed by atoms with Crippen LogP contribution in [0, 0.1) is 10.8 Å². The molecule has 0 aliphatic heterocycles. The van der Waals surface area contributed by atoms with Crippen LogP contribution in [0.3, 0.4) is 0 Å². The molecule has 0 fully saturated rings. The van der Waals surface area contributed by atoms with Gasteiger partial charge in [-0.25, -0.2) is 0 Å². The van der Waals surface area contributed by atoms with Crippen molar-refractivity contribution in [3.05, 3.63) is 0 Å². The summed E-state index contributed by atoms with van der Waals surface area (Å²) < 4.78 is 24.0. The fourth-order valence-corrected chi connectivity index (χ4v) is 0. The number of carbonyl (C=O) groups excluding carboxylic acids is 1. The van der Waals surface area contributed by atoms with E-state index in [1.54, 1.807) is 0 Å². The van der Waals surface area contributed by atoms with Gasteiger partial charge in [0.2, 0.25) is 0 Å². The van der Waals surface area contributed by atoms with Crippen LogP contribution < -0.4 is 122 Å². The SMILES string of the molecule is O=C([O-])[O-].[K+].[K+].[O-][Cl+2]([O-])O. The summed E-state index contributed by atoms with van der Waals surface area (Å²) in [6.45, 7) is 0. The van der Waals surface area contributed by atoms with E-state index in [0.29, 0.717) is 0 Å². The van der Waals surface area contributed by atoms with E-state index in [1.807, 2.05) is 0 Å². The Balaban J connectivity index is -0.0000000300. The number of halogens is 1. The van der Waals surface area contributed by atoms with Gasteiger partial charge < -0.3 is 24.3 Å². The number of hydrogen-bond donors (Lipinski definition) is 1. The van der Waals surface area contributed by atoms with Crippen LogP contribution in [0.5, 0.6) is 0 Å². The Morgan fingerprint density at radius 2 is 1.20 bits per heavy atom. The minimum atomic E-state index is -2.60. The Kier molecular flexibility index (Phi) is 40.7. The molecule has 0 aromatic heterocycles. The van der Waals surface area contributed by atoms with Gasteiger partial charge in [0, 0.05) is 4.66 Å². The summed E-state index contributed by atoms with van der Waals surface area (Å²) in [5.41, 5.74) is 0. The normalized spacial score (nSPS) is 6.00. The summed E-state index contributed by atoms with van der Waals surface area (Å²) in [6.07, 6.45) is -2.33. The fourth-order valence-electron chi connectivity index (χ4n) is 0. The first-order valence-electron chi connectivity index (χ1n) is 1.09. The molecule has 0 heterocycles.